The lowest BCUT2D eigenvalue weighted by Gasteiger charge is -2.30. The number of carboxylic acid groups (broad SMARTS) is 1. The molecule has 0 aromatic heterocycles. The van der Waals surface area contributed by atoms with Crippen LogP contribution in [0.5, 0.6) is 0 Å². The minimum absolute atomic E-state index is 0.0761. The second-order valence-electron chi connectivity index (χ2n) is 4.55. The van der Waals surface area contributed by atoms with Gasteiger partial charge in [0.05, 0.1) is 11.3 Å². The summed E-state index contributed by atoms with van der Waals surface area (Å²) in [5.41, 5.74) is 0.392. The Morgan fingerprint density at radius 1 is 1.50 bits per heavy atom. The molecule has 1 unspecified atom stereocenters. The first kappa shape index (κ1) is 15.2. The molecule has 20 heavy (non-hydrogen) atoms. The second-order valence-corrected chi connectivity index (χ2v) is 7.01. The number of carbonyl (C=O) groups excluding carboxylic acids is 1. The topological polar surface area (TPSA) is 69.6 Å². The Labute approximate surface area is 129 Å². The van der Waals surface area contributed by atoms with Crippen molar-refractivity contribution in [1.29, 1.82) is 0 Å². The van der Waals surface area contributed by atoms with Gasteiger partial charge in [0.15, 0.2) is 0 Å². The first-order valence-electron chi connectivity index (χ1n) is 6.17. The van der Waals surface area contributed by atoms with Crippen LogP contribution in [0, 0.1) is 0 Å². The first-order valence-corrected chi connectivity index (χ1v) is 8.02. The van der Waals surface area contributed by atoms with Gasteiger partial charge in [0, 0.05) is 28.6 Å². The summed E-state index contributed by atoms with van der Waals surface area (Å²) >= 11 is 5.06. The lowest BCUT2D eigenvalue weighted by Crippen LogP contribution is -2.43. The van der Waals surface area contributed by atoms with E-state index in [1.807, 2.05) is 11.8 Å². The summed E-state index contributed by atoms with van der Waals surface area (Å²) in [7, 11) is 0. The van der Waals surface area contributed by atoms with E-state index in [0.717, 1.165) is 5.75 Å². The zero-order valence-corrected chi connectivity index (χ0v) is 13.3. The van der Waals surface area contributed by atoms with Gasteiger partial charge in [-0.3, -0.25) is 0 Å². The van der Waals surface area contributed by atoms with Crippen LogP contribution in [-0.2, 0) is 0 Å². The molecule has 0 saturated carbocycles. The van der Waals surface area contributed by atoms with E-state index < -0.39 is 5.97 Å². The Bertz CT molecular complexity index is 538. The van der Waals surface area contributed by atoms with Crippen LogP contribution in [0.1, 0.15) is 17.3 Å². The van der Waals surface area contributed by atoms with Crippen LogP contribution in [-0.4, -0.2) is 46.1 Å². The molecule has 1 fully saturated rings. The van der Waals surface area contributed by atoms with E-state index in [9.17, 15) is 9.59 Å². The fraction of sp³-hybridized carbons (Fsp3) is 0.385. The number of thioether (sulfide) groups is 1. The summed E-state index contributed by atoms with van der Waals surface area (Å²) in [5.74, 6) is -0.162. The highest BCUT2D eigenvalue weighted by Gasteiger charge is 2.22. The van der Waals surface area contributed by atoms with E-state index in [1.54, 1.807) is 17.0 Å². The molecule has 0 radical (unpaired) electrons. The first-order chi connectivity index (χ1) is 9.47. The molecule has 2 N–H and O–H groups in total. The van der Waals surface area contributed by atoms with Crippen LogP contribution >= 0.6 is 27.7 Å². The maximum Gasteiger partial charge on any atom is 0.337 e. The molecule has 1 heterocycles. The van der Waals surface area contributed by atoms with Gasteiger partial charge in [-0.05, 0) is 18.2 Å². The van der Waals surface area contributed by atoms with Crippen LogP contribution in [0.2, 0.25) is 0 Å². The number of hydrogen-bond acceptors (Lipinski definition) is 3. The van der Waals surface area contributed by atoms with Gasteiger partial charge in [0.1, 0.15) is 0 Å². The van der Waals surface area contributed by atoms with Crippen LogP contribution in [0.15, 0.2) is 22.7 Å². The molecule has 1 saturated heterocycles. The number of anilines is 1. The fourth-order valence-electron chi connectivity index (χ4n) is 2.00. The molecule has 1 aliphatic rings. The van der Waals surface area contributed by atoms with Gasteiger partial charge in [0.25, 0.3) is 0 Å². The number of nitrogens with zero attached hydrogens (tertiary/aromatic N) is 1. The monoisotopic (exact) mass is 358 g/mol. The standard InChI is InChI=1S/C13H15BrN2O3S/c1-8-7-16(4-5-20-8)13(19)15-11-3-2-9(14)6-10(11)12(17)18/h2-3,6,8H,4-5,7H2,1H3,(H,15,19)(H,17,18). The number of carbonyl (C=O) groups is 2. The third kappa shape index (κ3) is 3.67. The Morgan fingerprint density at radius 2 is 2.25 bits per heavy atom. The largest absolute Gasteiger partial charge is 0.478 e. The minimum atomic E-state index is -1.07. The molecule has 1 atom stereocenters. The molecule has 1 aliphatic heterocycles. The number of halogens is 1. The van der Waals surface area contributed by atoms with E-state index >= 15 is 0 Å². The Kier molecular flexibility index (Phi) is 4.93. The maximum absolute atomic E-state index is 12.2. The lowest BCUT2D eigenvalue weighted by atomic mass is 10.2. The van der Waals surface area contributed by atoms with Gasteiger partial charge in [-0.2, -0.15) is 11.8 Å². The number of carboxylic acids is 1. The zero-order valence-electron chi connectivity index (χ0n) is 10.9. The van der Waals surface area contributed by atoms with Gasteiger partial charge in [-0.25, -0.2) is 9.59 Å². The molecular weight excluding hydrogens is 344 g/mol. The summed E-state index contributed by atoms with van der Waals surface area (Å²) < 4.78 is 0.663. The van der Waals surface area contributed by atoms with Crippen molar-refractivity contribution >= 4 is 45.4 Å². The van der Waals surface area contributed by atoms with E-state index in [2.05, 4.69) is 28.2 Å². The number of benzene rings is 1. The number of amides is 2. The molecule has 2 rings (SSSR count). The van der Waals surface area contributed by atoms with E-state index in [0.29, 0.717) is 28.5 Å². The second kappa shape index (κ2) is 6.49. The van der Waals surface area contributed by atoms with Crippen molar-refractivity contribution in [2.24, 2.45) is 0 Å². The molecule has 108 valence electrons. The van der Waals surface area contributed by atoms with Gasteiger partial charge < -0.3 is 15.3 Å². The summed E-state index contributed by atoms with van der Waals surface area (Å²) in [6.45, 7) is 3.43. The Balaban J connectivity index is 2.13. The van der Waals surface area contributed by atoms with Crippen LogP contribution < -0.4 is 5.32 Å². The highest BCUT2D eigenvalue weighted by molar-refractivity contribution is 9.10. The lowest BCUT2D eigenvalue weighted by molar-refractivity contribution is 0.0698. The average molecular weight is 359 g/mol. The smallest absolute Gasteiger partial charge is 0.337 e. The number of urea groups is 1. The van der Waals surface area contributed by atoms with Crippen LogP contribution in [0.25, 0.3) is 0 Å². The third-order valence-electron chi connectivity index (χ3n) is 2.98. The molecule has 7 heteroatoms. The van der Waals surface area contributed by atoms with Crippen molar-refractivity contribution in [1.82, 2.24) is 4.90 Å². The summed E-state index contributed by atoms with van der Waals surface area (Å²) in [5, 5.41) is 12.3. The molecule has 0 aliphatic carbocycles. The quantitative estimate of drug-likeness (QED) is 0.851. The number of nitrogens with one attached hydrogen (secondary N) is 1. The van der Waals surface area contributed by atoms with Crippen molar-refractivity contribution < 1.29 is 14.7 Å². The predicted octanol–water partition coefficient (Wildman–Crippen LogP) is 3.12. The fourth-order valence-corrected chi connectivity index (χ4v) is 3.37. The van der Waals surface area contributed by atoms with Gasteiger partial charge in [-0.1, -0.05) is 22.9 Å². The molecule has 1 aromatic carbocycles. The highest BCUT2D eigenvalue weighted by atomic mass is 79.9. The SMILES string of the molecule is CC1CN(C(=O)Nc2ccc(Br)cc2C(=O)O)CCS1. The van der Waals surface area contributed by atoms with Crippen LogP contribution in [0.3, 0.4) is 0 Å². The van der Waals surface area contributed by atoms with Gasteiger partial charge in [0.2, 0.25) is 0 Å². The molecule has 1 aromatic rings. The number of hydrogen-bond donors (Lipinski definition) is 2. The zero-order chi connectivity index (χ0) is 14.7. The maximum atomic E-state index is 12.2. The molecule has 5 nitrogen and oxygen atoms in total. The Morgan fingerprint density at radius 3 is 2.90 bits per heavy atom. The van der Waals surface area contributed by atoms with Crippen molar-refractivity contribution in [2.45, 2.75) is 12.2 Å². The normalized spacial score (nSPS) is 18.7. The minimum Gasteiger partial charge on any atom is -0.478 e. The number of aromatic carboxylic acids is 1. The third-order valence-corrected chi connectivity index (χ3v) is 4.61. The van der Waals surface area contributed by atoms with Crippen molar-refractivity contribution in [3.8, 4) is 0 Å². The van der Waals surface area contributed by atoms with E-state index in [1.165, 1.54) is 6.07 Å². The van der Waals surface area contributed by atoms with Gasteiger partial charge >= 0.3 is 12.0 Å². The molecular formula is C13H15BrN2O3S. The highest BCUT2D eigenvalue weighted by Crippen LogP contribution is 2.23. The molecule has 2 amide bonds. The van der Waals surface area contributed by atoms with Gasteiger partial charge in [-0.15, -0.1) is 0 Å². The van der Waals surface area contributed by atoms with E-state index in [4.69, 9.17) is 5.11 Å². The van der Waals surface area contributed by atoms with Crippen molar-refractivity contribution in [2.75, 3.05) is 24.2 Å². The van der Waals surface area contributed by atoms with Crippen molar-refractivity contribution in [3.05, 3.63) is 28.2 Å². The summed E-state index contributed by atoms with van der Waals surface area (Å²) in [6, 6.07) is 4.53. The molecule has 0 bridgehead atoms. The Hall–Kier alpha value is -1.21. The predicted molar refractivity (Wildman–Crippen MR) is 83.6 cm³/mol. The summed E-state index contributed by atoms with van der Waals surface area (Å²) in [4.78, 5) is 25.1. The van der Waals surface area contributed by atoms with Crippen molar-refractivity contribution in [3.63, 3.8) is 0 Å². The average Bonchev–Trinajstić information content (AvgIpc) is 2.40. The number of rotatable bonds is 2. The molecule has 0 spiro atoms. The summed E-state index contributed by atoms with van der Waals surface area (Å²) in [6.07, 6.45) is 0. The van der Waals surface area contributed by atoms with E-state index in [-0.39, 0.29) is 11.6 Å². The van der Waals surface area contributed by atoms with Crippen LogP contribution in [0.4, 0.5) is 10.5 Å².